The molecule has 0 aliphatic heterocycles. The van der Waals surface area contributed by atoms with E-state index in [4.69, 9.17) is 11.6 Å². The van der Waals surface area contributed by atoms with Gasteiger partial charge in [-0.1, -0.05) is 24.9 Å². The first kappa shape index (κ1) is 9.78. The zero-order valence-electron chi connectivity index (χ0n) is 8.33. The molecule has 1 aromatic heterocycles. The molecule has 0 spiro atoms. The molecule has 14 heavy (non-hydrogen) atoms. The molecule has 1 aliphatic rings. The van der Waals surface area contributed by atoms with Gasteiger partial charge in [0.25, 0.3) is 0 Å². The second-order valence-corrected chi connectivity index (χ2v) is 4.42. The van der Waals surface area contributed by atoms with Crippen LogP contribution in [0.1, 0.15) is 26.2 Å². The number of anilines is 1. The van der Waals surface area contributed by atoms with Crippen LogP contribution in [0.5, 0.6) is 0 Å². The summed E-state index contributed by atoms with van der Waals surface area (Å²) in [5.41, 5.74) is 1.08. The van der Waals surface area contributed by atoms with Crippen LogP contribution in [0.2, 0.25) is 5.15 Å². The van der Waals surface area contributed by atoms with E-state index in [9.17, 15) is 0 Å². The zero-order valence-corrected chi connectivity index (χ0v) is 9.09. The lowest BCUT2D eigenvalue weighted by atomic mass is 10.1. The van der Waals surface area contributed by atoms with E-state index in [-0.39, 0.29) is 0 Å². The van der Waals surface area contributed by atoms with Crippen LogP contribution in [0.3, 0.4) is 0 Å². The molecule has 1 fully saturated rings. The van der Waals surface area contributed by atoms with Crippen LogP contribution >= 0.6 is 11.6 Å². The van der Waals surface area contributed by atoms with Gasteiger partial charge in [0.05, 0.1) is 11.9 Å². The number of pyridine rings is 1. The molecule has 0 saturated heterocycles. The fourth-order valence-corrected chi connectivity index (χ4v) is 2.15. The molecule has 2 rings (SSSR count). The summed E-state index contributed by atoms with van der Waals surface area (Å²) in [5, 5.41) is 4.05. The van der Waals surface area contributed by atoms with Crippen molar-refractivity contribution >= 4 is 17.3 Å². The third-order valence-electron chi connectivity index (χ3n) is 2.94. The molecule has 0 unspecified atom stereocenters. The van der Waals surface area contributed by atoms with Crippen LogP contribution < -0.4 is 5.32 Å². The van der Waals surface area contributed by atoms with E-state index in [1.807, 2.05) is 12.1 Å². The maximum atomic E-state index is 5.72. The van der Waals surface area contributed by atoms with E-state index in [1.165, 1.54) is 19.3 Å². The van der Waals surface area contributed by atoms with E-state index in [0.29, 0.717) is 11.2 Å². The molecular formula is C11H15ClN2. The second kappa shape index (κ2) is 4.18. The van der Waals surface area contributed by atoms with Gasteiger partial charge in [-0.3, -0.25) is 0 Å². The van der Waals surface area contributed by atoms with Crippen LogP contribution in [0.25, 0.3) is 0 Å². The van der Waals surface area contributed by atoms with Gasteiger partial charge in [0.1, 0.15) is 5.15 Å². The minimum absolute atomic E-state index is 0.551. The Morgan fingerprint density at radius 3 is 2.86 bits per heavy atom. The highest BCUT2D eigenvalue weighted by Crippen LogP contribution is 2.27. The van der Waals surface area contributed by atoms with E-state index in [2.05, 4.69) is 17.2 Å². The average molecular weight is 211 g/mol. The number of nitrogens with one attached hydrogen (secondary N) is 1. The van der Waals surface area contributed by atoms with Gasteiger partial charge >= 0.3 is 0 Å². The van der Waals surface area contributed by atoms with Crippen molar-refractivity contribution in [2.45, 2.75) is 32.2 Å². The lowest BCUT2D eigenvalue weighted by molar-refractivity contribution is 0.556. The van der Waals surface area contributed by atoms with Crippen molar-refractivity contribution in [2.75, 3.05) is 5.32 Å². The predicted molar refractivity (Wildman–Crippen MR) is 59.7 cm³/mol. The van der Waals surface area contributed by atoms with Crippen molar-refractivity contribution in [3.05, 3.63) is 23.5 Å². The van der Waals surface area contributed by atoms with Crippen molar-refractivity contribution < 1.29 is 0 Å². The smallest absolute Gasteiger partial charge is 0.129 e. The van der Waals surface area contributed by atoms with Gasteiger partial charge in [-0.05, 0) is 30.9 Å². The Hall–Kier alpha value is -0.760. The van der Waals surface area contributed by atoms with Crippen molar-refractivity contribution in [1.29, 1.82) is 0 Å². The first-order chi connectivity index (χ1) is 6.75. The number of hydrogen-bond donors (Lipinski definition) is 1. The van der Waals surface area contributed by atoms with Crippen molar-refractivity contribution in [3.8, 4) is 0 Å². The van der Waals surface area contributed by atoms with Gasteiger partial charge < -0.3 is 5.32 Å². The van der Waals surface area contributed by atoms with E-state index < -0.39 is 0 Å². The Bertz CT molecular complexity index is 297. The van der Waals surface area contributed by atoms with Gasteiger partial charge in [0.2, 0.25) is 0 Å². The molecule has 1 saturated carbocycles. The Kier molecular flexibility index (Phi) is 2.92. The highest BCUT2D eigenvalue weighted by molar-refractivity contribution is 6.29. The van der Waals surface area contributed by atoms with Gasteiger partial charge in [-0.25, -0.2) is 4.98 Å². The average Bonchev–Trinajstić information content (AvgIpc) is 2.56. The largest absolute Gasteiger partial charge is 0.381 e. The Labute approximate surface area is 89.7 Å². The fourth-order valence-electron chi connectivity index (χ4n) is 2.04. The third-order valence-corrected chi connectivity index (χ3v) is 3.16. The topological polar surface area (TPSA) is 24.9 Å². The number of nitrogens with zero attached hydrogens (tertiary/aromatic N) is 1. The summed E-state index contributed by atoms with van der Waals surface area (Å²) < 4.78 is 0. The summed E-state index contributed by atoms with van der Waals surface area (Å²) in [6.07, 6.45) is 5.73. The minimum atomic E-state index is 0.551. The normalized spacial score (nSPS) is 26.4. The molecule has 76 valence electrons. The number of hydrogen-bond acceptors (Lipinski definition) is 2. The van der Waals surface area contributed by atoms with E-state index in [0.717, 1.165) is 11.6 Å². The second-order valence-electron chi connectivity index (χ2n) is 4.03. The molecule has 3 heteroatoms. The first-order valence-corrected chi connectivity index (χ1v) is 5.51. The predicted octanol–water partition coefficient (Wildman–Crippen LogP) is 3.34. The SMILES string of the molecule is C[C@H]1CCC[C@@H]1Nc1ccc(Cl)nc1. The minimum Gasteiger partial charge on any atom is -0.381 e. The quantitative estimate of drug-likeness (QED) is 0.758. The maximum Gasteiger partial charge on any atom is 0.129 e. The van der Waals surface area contributed by atoms with Crippen molar-refractivity contribution in [2.24, 2.45) is 5.92 Å². The summed E-state index contributed by atoms with van der Waals surface area (Å²) in [4.78, 5) is 4.05. The van der Waals surface area contributed by atoms with Crippen LogP contribution in [0.4, 0.5) is 5.69 Å². The van der Waals surface area contributed by atoms with E-state index >= 15 is 0 Å². The summed E-state index contributed by atoms with van der Waals surface area (Å²) in [6, 6.07) is 4.42. The van der Waals surface area contributed by atoms with Crippen molar-refractivity contribution in [3.63, 3.8) is 0 Å². The summed E-state index contributed by atoms with van der Waals surface area (Å²) in [5.74, 6) is 0.769. The zero-order chi connectivity index (χ0) is 9.97. The third kappa shape index (κ3) is 2.18. The Balaban J connectivity index is 2.00. The number of rotatable bonds is 2. The molecule has 1 aliphatic carbocycles. The molecular weight excluding hydrogens is 196 g/mol. The monoisotopic (exact) mass is 210 g/mol. The van der Waals surface area contributed by atoms with Gasteiger partial charge in [-0.15, -0.1) is 0 Å². The van der Waals surface area contributed by atoms with Crippen molar-refractivity contribution in [1.82, 2.24) is 4.98 Å². The van der Waals surface area contributed by atoms with Gasteiger partial charge in [0, 0.05) is 6.04 Å². The summed E-state index contributed by atoms with van der Waals surface area (Å²) in [7, 11) is 0. The molecule has 1 N–H and O–H groups in total. The molecule has 0 aromatic carbocycles. The number of aromatic nitrogens is 1. The highest BCUT2D eigenvalue weighted by Gasteiger charge is 2.22. The van der Waals surface area contributed by atoms with Crippen LogP contribution in [-0.2, 0) is 0 Å². The summed E-state index contributed by atoms with van der Waals surface area (Å²) in [6.45, 7) is 2.30. The molecule has 1 heterocycles. The van der Waals surface area contributed by atoms with E-state index in [1.54, 1.807) is 6.20 Å². The number of halogens is 1. The molecule has 2 nitrogen and oxygen atoms in total. The first-order valence-electron chi connectivity index (χ1n) is 5.14. The van der Waals surface area contributed by atoms with Crippen LogP contribution in [0.15, 0.2) is 18.3 Å². The molecule has 1 aromatic rings. The van der Waals surface area contributed by atoms with Gasteiger partial charge in [-0.2, -0.15) is 0 Å². The van der Waals surface area contributed by atoms with Crippen LogP contribution in [-0.4, -0.2) is 11.0 Å². The van der Waals surface area contributed by atoms with Crippen LogP contribution in [0, 0.1) is 5.92 Å². The Morgan fingerprint density at radius 2 is 2.29 bits per heavy atom. The lowest BCUT2D eigenvalue weighted by Crippen LogP contribution is -2.21. The fraction of sp³-hybridized carbons (Fsp3) is 0.545. The molecule has 2 atom stereocenters. The molecule has 0 bridgehead atoms. The lowest BCUT2D eigenvalue weighted by Gasteiger charge is -2.18. The highest BCUT2D eigenvalue weighted by atomic mass is 35.5. The summed E-state index contributed by atoms with van der Waals surface area (Å²) >= 11 is 5.72. The standard InChI is InChI=1S/C11H15ClN2/c1-8-3-2-4-10(8)14-9-5-6-11(12)13-7-9/h5-8,10,14H,2-4H2,1H3/t8-,10-/m0/s1. The molecule has 0 amide bonds. The molecule has 0 radical (unpaired) electrons. The Morgan fingerprint density at radius 1 is 1.43 bits per heavy atom. The maximum absolute atomic E-state index is 5.72. The van der Waals surface area contributed by atoms with Gasteiger partial charge in [0.15, 0.2) is 0 Å².